The largest absolute Gasteiger partial charge is 0.484 e. The van der Waals surface area contributed by atoms with Crippen molar-refractivity contribution in [2.45, 2.75) is 26.7 Å². The van der Waals surface area contributed by atoms with Crippen LogP contribution in [0, 0.1) is 6.92 Å². The number of amides is 1. The van der Waals surface area contributed by atoms with Gasteiger partial charge in [-0.3, -0.25) is 10.1 Å². The van der Waals surface area contributed by atoms with Crippen molar-refractivity contribution in [1.29, 1.82) is 0 Å². The molecule has 3 aromatic carbocycles. The number of nitrogens with zero attached hydrogens (tertiary/aromatic N) is 1. The lowest BCUT2D eigenvalue weighted by Crippen LogP contribution is -2.37. The van der Waals surface area contributed by atoms with Gasteiger partial charge in [0.1, 0.15) is 11.6 Å². The van der Waals surface area contributed by atoms with Crippen molar-refractivity contribution in [3.05, 3.63) is 76.8 Å². The van der Waals surface area contributed by atoms with Crippen LogP contribution in [0.3, 0.4) is 0 Å². The number of halogens is 1. The smallest absolute Gasteiger partial charge is 0.264 e. The number of thiocarbonyl (C=S) groups is 1. The van der Waals surface area contributed by atoms with E-state index in [-0.39, 0.29) is 17.6 Å². The van der Waals surface area contributed by atoms with Gasteiger partial charge in [-0.2, -0.15) is 0 Å². The van der Waals surface area contributed by atoms with Crippen LogP contribution in [0.4, 0.5) is 5.69 Å². The third kappa shape index (κ3) is 5.73. The predicted molar refractivity (Wildman–Crippen MR) is 142 cm³/mol. The highest BCUT2D eigenvalue weighted by Crippen LogP contribution is 2.26. The molecule has 4 rings (SSSR count). The highest BCUT2D eigenvalue weighted by molar-refractivity contribution is 7.80. The predicted octanol–water partition coefficient (Wildman–Crippen LogP) is 6.21. The molecule has 1 heterocycles. The Balaban J connectivity index is 1.30. The van der Waals surface area contributed by atoms with E-state index in [1.807, 2.05) is 67.6 Å². The van der Waals surface area contributed by atoms with E-state index >= 15 is 0 Å². The minimum atomic E-state index is -0.335. The molecule has 0 fully saturated rings. The summed E-state index contributed by atoms with van der Waals surface area (Å²) in [5, 5.41) is 6.52. The molecule has 0 radical (unpaired) electrons. The monoisotopic (exact) mass is 492 g/mol. The summed E-state index contributed by atoms with van der Waals surface area (Å²) in [4.78, 5) is 20.1. The first-order valence-electron chi connectivity index (χ1n) is 10.9. The average Bonchev–Trinajstić information content (AvgIpc) is 3.21. The number of carbonyl (C=O) groups is 1. The van der Waals surface area contributed by atoms with Gasteiger partial charge in [0.05, 0.1) is 11.0 Å². The van der Waals surface area contributed by atoms with E-state index in [1.54, 1.807) is 0 Å². The first-order chi connectivity index (χ1) is 16.3. The normalized spacial score (nSPS) is 11.0. The van der Waals surface area contributed by atoms with Gasteiger partial charge in [-0.05, 0) is 84.7 Å². The molecule has 0 atom stereocenters. The summed E-state index contributed by atoms with van der Waals surface area (Å²) < 4.78 is 5.54. The summed E-state index contributed by atoms with van der Waals surface area (Å²) in [7, 11) is 0. The quantitative estimate of drug-likeness (QED) is 0.279. The molecule has 8 heteroatoms. The standard InChI is InChI=1S/C26H25ClN4O2S/c1-15(2)17-6-10-20(11-7-17)33-14-24(32)31-26(34)28-19-8-4-18(5-9-19)25-29-22-12-16(3)21(27)13-23(22)30-25/h4-13,15H,14H2,1-3H3,(H,29,30)(H2,28,31,32,34). The molecule has 0 aliphatic carbocycles. The summed E-state index contributed by atoms with van der Waals surface area (Å²) in [6.07, 6.45) is 0. The highest BCUT2D eigenvalue weighted by atomic mass is 35.5. The molecule has 3 N–H and O–H groups in total. The summed E-state index contributed by atoms with van der Waals surface area (Å²) in [6, 6.07) is 19.1. The Labute approximate surface area is 208 Å². The van der Waals surface area contributed by atoms with Gasteiger partial charge in [0.15, 0.2) is 11.7 Å². The fraction of sp³-hybridized carbons (Fsp3) is 0.192. The summed E-state index contributed by atoms with van der Waals surface area (Å²) >= 11 is 11.5. The number of H-pyrrole nitrogens is 1. The number of aryl methyl sites for hydroxylation is 1. The highest BCUT2D eigenvalue weighted by Gasteiger charge is 2.09. The van der Waals surface area contributed by atoms with Crippen LogP contribution in [-0.2, 0) is 4.79 Å². The van der Waals surface area contributed by atoms with Crippen LogP contribution in [0.25, 0.3) is 22.4 Å². The van der Waals surface area contributed by atoms with Gasteiger partial charge in [-0.15, -0.1) is 0 Å². The fourth-order valence-electron chi connectivity index (χ4n) is 3.41. The van der Waals surface area contributed by atoms with Gasteiger partial charge in [0.25, 0.3) is 5.91 Å². The molecule has 0 saturated carbocycles. The molecule has 0 unspecified atom stereocenters. The number of carbonyl (C=O) groups excluding carboxylic acids is 1. The van der Waals surface area contributed by atoms with Crippen molar-refractivity contribution < 1.29 is 9.53 Å². The Bertz CT molecular complexity index is 1290. The van der Waals surface area contributed by atoms with E-state index in [2.05, 4.69) is 34.4 Å². The molecule has 0 spiro atoms. The van der Waals surface area contributed by atoms with Crippen molar-refractivity contribution in [1.82, 2.24) is 15.3 Å². The van der Waals surface area contributed by atoms with Gasteiger partial charge >= 0.3 is 0 Å². The van der Waals surface area contributed by atoms with Crippen molar-refractivity contribution in [2.75, 3.05) is 11.9 Å². The van der Waals surface area contributed by atoms with Crippen LogP contribution in [0.2, 0.25) is 5.02 Å². The molecule has 0 saturated heterocycles. The maximum atomic E-state index is 12.2. The molecular weight excluding hydrogens is 468 g/mol. The first-order valence-corrected chi connectivity index (χ1v) is 11.7. The summed E-state index contributed by atoms with van der Waals surface area (Å²) in [6.45, 7) is 6.08. The van der Waals surface area contributed by atoms with Crippen LogP contribution in [0.1, 0.15) is 30.9 Å². The molecule has 4 aromatic rings. The number of hydrogen-bond acceptors (Lipinski definition) is 4. The van der Waals surface area contributed by atoms with E-state index in [9.17, 15) is 4.79 Å². The zero-order chi connectivity index (χ0) is 24.2. The van der Waals surface area contributed by atoms with E-state index in [4.69, 9.17) is 28.6 Å². The third-order valence-corrected chi connectivity index (χ3v) is 5.96. The van der Waals surface area contributed by atoms with Gasteiger partial charge in [-0.1, -0.05) is 37.6 Å². The van der Waals surface area contributed by atoms with Crippen LogP contribution in [0.15, 0.2) is 60.7 Å². The second kappa shape index (κ2) is 10.2. The van der Waals surface area contributed by atoms with Crippen LogP contribution in [-0.4, -0.2) is 27.6 Å². The summed E-state index contributed by atoms with van der Waals surface area (Å²) in [5.74, 6) is 1.49. The Morgan fingerprint density at radius 3 is 2.50 bits per heavy atom. The number of ether oxygens (including phenoxy) is 1. The molecule has 1 aromatic heterocycles. The Morgan fingerprint density at radius 1 is 1.12 bits per heavy atom. The Hall–Kier alpha value is -3.42. The number of anilines is 1. The third-order valence-electron chi connectivity index (χ3n) is 5.35. The van der Waals surface area contributed by atoms with Gasteiger partial charge in [0.2, 0.25) is 0 Å². The zero-order valence-electron chi connectivity index (χ0n) is 19.1. The van der Waals surface area contributed by atoms with E-state index < -0.39 is 0 Å². The van der Waals surface area contributed by atoms with E-state index in [0.29, 0.717) is 16.7 Å². The van der Waals surface area contributed by atoms with Crippen molar-refractivity contribution in [3.8, 4) is 17.1 Å². The number of aromatic nitrogens is 2. The summed E-state index contributed by atoms with van der Waals surface area (Å²) in [5.41, 5.74) is 5.62. The fourth-order valence-corrected chi connectivity index (χ4v) is 3.80. The lowest BCUT2D eigenvalue weighted by atomic mass is 10.0. The number of rotatable bonds is 6. The minimum absolute atomic E-state index is 0.128. The number of fused-ring (bicyclic) bond motifs is 1. The second-order valence-corrected chi connectivity index (χ2v) is 9.11. The van der Waals surface area contributed by atoms with Crippen molar-refractivity contribution in [3.63, 3.8) is 0 Å². The molecule has 0 aliphatic rings. The van der Waals surface area contributed by atoms with Gasteiger partial charge < -0.3 is 15.0 Å². The number of nitrogens with one attached hydrogen (secondary N) is 3. The molecule has 34 heavy (non-hydrogen) atoms. The van der Waals surface area contributed by atoms with E-state index in [0.717, 1.165) is 33.7 Å². The first kappa shape index (κ1) is 23.7. The maximum absolute atomic E-state index is 12.2. The molecule has 174 valence electrons. The van der Waals surface area contributed by atoms with E-state index in [1.165, 1.54) is 5.56 Å². The number of imidazole rings is 1. The Kier molecular flexibility index (Phi) is 7.14. The SMILES string of the molecule is Cc1cc2[nH]c(-c3ccc(NC(=S)NC(=O)COc4ccc(C(C)C)cc4)cc3)nc2cc1Cl. The van der Waals surface area contributed by atoms with Crippen LogP contribution in [0.5, 0.6) is 5.75 Å². The number of aromatic amines is 1. The molecule has 1 amide bonds. The maximum Gasteiger partial charge on any atom is 0.264 e. The molecule has 6 nitrogen and oxygen atoms in total. The zero-order valence-corrected chi connectivity index (χ0v) is 20.7. The van der Waals surface area contributed by atoms with Crippen LogP contribution < -0.4 is 15.4 Å². The lowest BCUT2D eigenvalue weighted by molar-refractivity contribution is -0.121. The topological polar surface area (TPSA) is 79.0 Å². The molecule has 0 aliphatic heterocycles. The number of hydrogen-bond donors (Lipinski definition) is 3. The van der Waals surface area contributed by atoms with Crippen LogP contribution >= 0.6 is 23.8 Å². The van der Waals surface area contributed by atoms with Crippen molar-refractivity contribution >= 4 is 51.6 Å². The number of benzene rings is 3. The lowest BCUT2D eigenvalue weighted by Gasteiger charge is -2.11. The molecular formula is C26H25ClN4O2S. The van der Waals surface area contributed by atoms with Crippen molar-refractivity contribution in [2.24, 2.45) is 0 Å². The van der Waals surface area contributed by atoms with Gasteiger partial charge in [0, 0.05) is 16.3 Å². The van der Waals surface area contributed by atoms with Gasteiger partial charge in [-0.25, -0.2) is 4.98 Å². The Morgan fingerprint density at radius 2 is 1.82 bits per heavy atom. The second-order valence-electron chi connectivity index (χ2n) is 8.30. The minimum Gasteiger partial charge on any atom is -0.484 e. The molecule has 0 bridgehead atoms. The average molecular weight is 493 g/mol.